The number of pyridine rings is 1. The maximum Gasteiger partial charge on any atom is 0.234 e. The molecule has 0 saturated heterocycles. The van der Waals surface area contributed by atoms with E-state index in [9.17, 15) is 8.42 Å². The van der Waals surface area contributed by atoms with Gasteiger partial charge >= 0.3 is 0 Å². The summed E-state index contributed by atoms with van der Waals surface area (Å²) in [7, 11) is -1.69. The Balaban J connectivity index is 2.69. The smallest absolute Gasteiger partial charge is 0.234 e. The molecule has 1 heterocycles. The van der Waals surface area contributed by atoms with E-state index >= 15 is 0 Å². The molecule has 90 valence electrons. The monoisotopic (exact) mass is 243 g/mol. The van der Waals surface area contributed by atoms with Crippen LogP contribution < -0.4 is 10.0 Å². The number of rotatable bonds is 6. The quantitative estimate of drug-likeness (QED) is 0.742. The van der Waals surface area contributed by atoms with E-state index in [1.165, 1.54) is 4.31 Å². The van der Waals surface area contributed by atoms with E-state index in [-0.39, 0.29) is 5.75 Å². The summed E-state index contributed by atoms with van der Waals surface area (Å²) in [5, 5.41) is 0. The molecule has 0 aromatic carbocycles. The minimum atomic E-state index is -3.24. The van der Waals surface area contributed by atoms with Crippen LogP contribution in [-0.2, 0) is 10.0 Å². The standard InChI is InChI=1S/C10H17N3O2S/c1-13(10-4-7-12-8-5-10)16(14,15)9-3-2-6-11/h4-5,7-8H,2-3,6,9,11H2,1H3. The molecule has 2 N–H and O–H groups in total. The first-order valence-electron chi connectivity index (χ1n) is 5.14. The molecule has 16 heavy (non-hydrogen) atoms. The summed E-state index contributed by atoms with van der Waals surface area (Å²) in [5.41, 5.74) is 5.96. The Morgan fingerprint density at radius 3 is 2.50 bits per heavy atom. The zero-order valence-corrected chi connectivity index (χ0v) is 10.2. The van der Waals surface area contributed by atoms with Crippen molar-refractivity contribution < 1.29 is 8.42 Å². The normalized spacial score (nSPS) is 11.4. The average molecular weight is 243 g/mol. The third-order valence-electron chi connectivity index (χ3n) is 2.30. The van der Waals surface area contributed by atoms with E-state index in [0.717, 1.165) is 6.42 Å². The summed E-state index contributed by atoms with van der Waals surface area (Å²) < 4.78 is 25.0. The number of hydrogen-bond donors (Lipinski definition) is 1. The van der Waals surface area contributed by atoms with Gasteiger partial charge in [0.25, 0.3) is 0 Å². The number of unbranched alkanes of at least 4 members (excludes halogenated alkanes) is 1. The average Bonchev–Trinajstić information content (AvgIpc) is 2.29. The lowest BCUT2D eigenvalue weighted by atomic mass is 10.3. The zero-order valence-electron chi connectivity index (χ0n) is 9.33. The van der Waals surface area contributed by atoms with Crippen molar-refractivity contribution >= 4 is 15.7 Å². The van der Waals surface area contributed by atoms with Crippen molar-refractivity contribution in [2.45, 2.75) is 12.8 Å². The lowest BCUT2D eigenvalue weighted by molar-refractivity contribution is 0.590. The third-order valence-corrected chi connectivity index (χ3v) is 4.15. The fraction of sp³-hybridized carbons (Fsp3) is 0.500. The van der Waals surface area contributed by atoms with Gasteiger partial charge in [0.2, 0.25) is 10.0 Å². The summed E-state index contributed by atoms with van der Waals surface area (Å²) in [5.74, 6) is 0.128. The highest BCUT2D eigenvalue weighted by Gasteiger charge is 2.17. The minimum Gasteiger partial charge on any atom is -0.330 e. The number of hydrogen-bond acceptors (Lipinski definition) is 4. The molecule has 0 radical (unpaired) electrons. The van der Waals surface area contributed by atoms with Gasteiger partial charge in [0.1, 0.15) is 0 Å². The molecular formula is C10H17N3O2S. The fourth-order valence-electron chi connectivity index (χ4n) is 1.28. The molecular weight excluding hydrogens is 226 g/mol. The van der Waals surface area contributed by atoms with Crippen LogP contribution >= 0.6 is 0 Å². The largest absolute Gasteiger partial charge is 0.330 e. The van der Waals surface area contributed by atoms with Gasteiger partial charge in [-0.15, -0.1) is 0 Å². The Morgan fingerprint density at radius 1 is 1.31 bits per heavy atom. The minimum absolute atomic E-state index is 0.128. The van der Waals surface area contributed by atoms with Crippen molar-refractivity contribution in [2.24, 2.45) is 5.73 Å². The fourth-order valence-corrected chi connectivity index (χ4v) is 2.57. The molecule has 1 rings (SSSR count). The van der Waals surface area contributed by atoms with Gasteiger partial charge in [-0.1, -0.05) is 0 Å². The predicted octanol–water partition coefficient (Wildman–Crippen LogP) is 0.586. The van der Waals surface area contributed by atoms with Crippen molar-refractivity contribution in [3.63, 3.8) is 0 Å². The number of nitrogens with zero attached hydrogens (tertiary/aromatic N) is 2. The van der Waals surface area contributed by atoms with Crippen molar-refractivity contribution in [3.8, 4) is 0 Å². The van der Waals surface area contributed by atoms with E-state index in [2.05, 4.69) is 4.98 Å². The van der Waals surface area contributed by atoms with Crippen LogP contribution in [0.15, 0.2) is 24.5 Å². The highest BCUT2D eigenvalue weighted by molar-refractivity contribution is 7.92. The highest BCUT2D eigenvalue weighted by atomic mass is 32.2. The molecule has 6 heteroatoms. The van der Waals surface area contributed by atoms with Gasteiger partial charge in [-0.25, -0.2) is 8.42 Å². The molecule has 1 aromatic rings. The highest BCUT2D eigenvalue weighted by Crippen LogP contribution is 2.15. The van der Waals surface area contributed by atoms with Crippen LogP contribution in [0.1, 0.15) is 12.8 Å². The third kappa shape index (κ3) is 3.46. The van der Waals surface area contributed by atoms with Crippen LogP contribution in [0.3, 0.4) is 0 Å². The second-order valence-corrected chi connectivity index (χ2v) is 5.60. The van der Waals surface area contributed by atoms with Crippen molar-refractivity contribution in [1.29, 1.82) is 0 Å². The van der Waals surface area contributed by atoms with Crippen LogP contribution in [0.4, 0.5) is 5.69 Å². The molecule has 1 aromatic heterocycles. The first kappa shape index (κ1) is 12.9. The van der Waals surface area contributed by atoms with E-state index < -0.39 is 10.0 Å². The SMILES string of the molecule is CN(c1ccncc1)S(=O)(=O)CCCCN. The van der Waals surface area contributed by atoms with E-state index in [1.54, 1.807) is 31.6 Å². The molecule has 0 unspecified atom stereocenters. The number of anilines is 1. The molecule has 5 nitrogen and oxygen atoms in total. The topological polar surface area (TPSA) is 76.3 Å². The van der Waals surface area contributed by atoms with Gasteiger partial charge in [0, 0.05) is 19.4 Å². The molecule has 0 aliphatic carbocycles. The Kier molecular flexibility index (Phi) is 4.70. The zero-order chi connectivity index (χ0) is 12.0. The predicted molar refractivity (Wildman–Crippen MR) is 64.7 cm³/mol. The summed E-state index contributed by atoms with van der Waals surface area (Å²) in [6.07, 6.45) is 4.46. The number of sulfonamides is 1. The summed E-state index contributed by atoms with van der Waals surface area (Å²) in [6, 6.07) is 3.33. The van der Waals surface area contributed by atoms with Crippen LogP contribution in [0.5, 0.6) is 0 Å². The summed E-state index contributed by atoms with van der Waals surface area (Å²) in [6.45, 7) is 0.522. The van der Waals surface area contributed by atoms with E-state index in [0.29, 0.717) is 18.7 Å². The lowest BCUT2D eigenvalue weighted by Crippen LogP contribution is -2.29. The molecule has 0 aliphatic rings. The molecule has 0 fully saturated rings. The maximum atomic E-state index is 11.9. The summed E-state index contributed by atoms with van der Waals surface area (Å²) in [4.78, 5) is 3.85. The first-order valence-corrected chi connectivity index (χ1v) is 6.75. The molecule has 0 saturated carbocycles. The van der Waals surface area contributed by atoms with Crippen molar-refractivity contribution in [1.82, 2.24) is 4.98 Å². The Labute approximate surface area is 96.3 Å². The molecule has 0 bridgehead atoms. The van der Waals surface area contributed by atoms with Crippen molar-refractivity contribution in [2.75, 3.05) is 23.7 Å². The Morgan fingerprint density at radius 2 is 1.94 bits per heavy atom. The molecule has 0 atom stereocenters. The van der Waals surface area contributed by atoms with Crippen LogP contribution in [-0.4, -0.2) is 32.7 Å². The van der Waals surface area contributed by atoms with Crippen LogP contribution in [0, 0.1) is 0 Å². The van der Waals surface area contributed by atoms with Gasteiger partial charge in [0.15, 0.2) is 0 Å². The number of nitrogens with two attached hydrogens (primary N) is 1. The lowest BCUT2D eigenvalue weighted by Gasteiger charge is -2.18. The van der Waals surface area contributed by atoms with Gasteiger partial charge in [0.05, 0.1) is 11.4 Å². The summed E-state index contributed by atoms with van der Waals surface area (Å²) >= 11 is 0. The van der Waals surface area contributed by atoms with Gasteiger partial charge in [-0.3, -0.25) is 9.29 Å². The van der Waals surface area contributed by atoms with E-state index in [4.69, 9.17) is 5.73 Å². The molecule has 0 aliphatic heterocycles. The number of aromatic nitrogens is 1. The first-order chi connectivity index (χ1) is 7.58. The Hall–Kier alpha value is -1.14. The van der Waals surface area contributed by atoms with Crippen molar-refractivity contribution in [3.05, 3.63) is 24.5 Å². The second-order valence-electron chi connectivity index (χ2n) is 3.48. The molecule has 0 spiro atoms. The van der Waals surface area contributed by atoms with Gasteiger partial charge in [-0.2, -0.15) is 0 Å². The van der Waals surface area contributed by atoms with E-state index in [1.807, 2.05) is 0 Å². The second kappa shape index (κ2) is 5.81. The molecule has 0 amide bonds. The van der Waals surface area contributed by atoms with Gasteiger partial charge in [-0.05, 0) is 31.5 Å². The Bertz CT molecular complexity index is 405. The van der Waals surface area contributed by atoms with Crippen LogP contribution in [0.25, 0.3) is 0 Å². The van der Waals surface area contributed by atoms with Crippen LogP contribution in [0.2, 0.25) is 0 Å². The maximum absolute atomic E-state index is 11.9. The van der Waals surface area contributed by atoms with Gasteiger partial charge < -0.3 is 5.73 Å².